The first-order valence-electron chi connectivity index (χ1n) is 6.54. The molecule has 0 aromatic heterocycles. The summed E-state index contributed by atoms with van der Waals surface area (Å²) < 4.78 is 4.93. The van der Waals surface area contributed by atoms with Crippen LogP contribution in [0.5, 0.6) is 0 Å². The number of nitrogens with zero attached hydrogens (tertiary/aromatic N) is 1. The topological polar surface area (TPSA) is 87.7 Å². The molecular weight excluding hydrogens is 310 g/mol. The van der Waals surface area contributed by atoms with E-state index in [1.54, 1.807) is 31.2 Å². The van der Waals surface area contributed by atoms with Crippen molar-refractivity contribution in [1.82, 2.24) is 10.2 Å². The molecule has 1 saturated heterocycles. The fraction of sp³-hybridized carbons (Fsp3) is 0.357. The van der Waals surface area contributed by atoms with Crippen LogP contribution in [0.2, 0.25) is 5.02 Å². The van der Waals surface area contributed by atoms with Crippen molar-refractivity contribution in [2.45, 2.75) is 12.5 Å². The van der Waals surface area contributed by atoms with Gasteiger partial charge in [0.05, 0.1) is 6.61 Å². The van der Waals surface area contributed by atoms with Gasteiger partial charge in [0.2, 0.25) is 5.91 Å². The summed E-state index contributed by atoms with van der Waals surface area (Å²) in [6.45, 7) is 1.22. The van der Waals surface area contributed by atoms with Gasteiger partial charge in [0, 0.05) is 17.8 Å². The van der Waals surface area contributed by atoms with Crippen molar-refractivity contribution in [3.8, 4) is 0 Å². The van der Waals surface area contributed by atoms with E-state index in [1.807, 2.05) is 0 Å². The Morgan fingerprint density at radius 2 is 2.00 bits per heavy atom. The van der Waals surface area contributed by atoms with Crippen LogP contribution < -0.4 is 10.6 Å². The molecule has 0 aliphatic carbocycles. The highest BCUT2D eigenvalue weighted by Crippen LogP contribution is 2.18. The van der Waals surface area contributed by atoms with Crippen LogP contribution in [0.4, 0.5) is 10.5 Å². The standard InChI is InChI=1S/C14H16ClN3O4/c1-14(8-22-2)12(20)18(13(21)17-14)7-11(19)16-10-5-3-9(15)4-6-10/h3-6H,7-8H2,1-2H3,(H,16,19)(H,17,21). The first-order valence-corrected chi connectivity index (χ1v) is 6.92. The van der Waals surface area contributed by atoms with Crippen LogP contribution in [0.25, 0.3) is 0 Å². The average Bonchev–Trinajstić information content (AvgIpc) is 2.65. The number of halogens is 1. The zero-order valence-corrected chi connectivity index (χ0v) is 12.9. The highest BCUT2D eigenvalue weighted by molar-refractivity contribution is 6.30. The molecular formula is C14H16ClN3O4. The van der Waals surface area contributed by atoms with Crippen LogP contribution in [-0.2, 0) is 14.3 Å². The van der Waals surface area contributed by atoms with Gasteiger partial charge in [0.25, 0.3) is 5.91 Å². The SMILES string of the molecule is COCC1(C)NC(=O)N(CC(=O)Nc2ccc(Cl)cc2)C1=O. The Hall–Kier alpha value is -2.12. The van der Waals surface area contributed by atoms with Gasteiger partial charge < -0.3 is 15.4 Å². The number of ether oxygens (including phenoxy) is 1. The van der Waals surface area contributed by atoms with Gasteiger partial charge in [-0.3, -0.25) is 14.5 Å². The van der Waals surface area contributed by atoms with Crippen molar-refractivity contribution < 1.29 is 19.1 Å². The van der Waals surface area contributed by atoms with Crippen LogP contribution in [0, 0.1) is 0 Å². The Morgan fingerprint density at radius 1 is 1.36 bits per heavy atom. The quantitative estimate of drug-likeness (QED) is 0.797. The summed E-state index contributed by atoms with van der Waals surface area (Å²) >= 11 is 5.75. The second kappa shape index (κ2) is 6.33. The molecule has 1 heterocycles. The third-order valence-corrected chi connectivity index (χ3v) is 3.46. The molecule has 2 N–H and O–H groups in total. The number of urea groups is 1. The van der Waals surface area contributed by atoms with Crippen molar-refractivity contribution in [1.29, 1.82) is 0 Å². The maximum atomic E-state index is 12.2. The zero-order chi connectivity index (χ0) is 16.3. The predicted octanol–water partition coefficient (Wildman–Crippen LogP) is 1.24. The number of carbonyl (C=O) groups is 3. The number of benzene rings is 1. The number of methoxy groups -OCH3 is 1. The molecule has 0 saturated carbocycles. The Morgan fingerprint density at radius 3 is 2.59 bits per heavy atom. The highest BCUT2D eigenvalue weighted by atomic mass is 35.5. The molecule has 7 nitrogen and oxygen atoms in total. The van der Waals surface area contributed by atoms with Gasteiger partial charge in [-0.25, -0.2) is 4.79 Å². The van der Waals surface area contributed by atoms with E-state index in [4.69, 9.17) is 16.3 Å². The number of carbonyl (C=O) groups excluding carboxylic acids is 3. The van der Waals surface area contributed by atoms with E-state index in [9.17, 15) is 14.4 Å². The second-order valence-electron chi connectivity index (χ2n) is 5.14. The average molecular weight is 326 g/mol. The Balaban J connectivity index is 2.01. The molecule has 1 aromatic carbocycles. The first-order chi connectivity index (χ1) is 10.4. The molecule has 22 heavy (non-hydrogen) atoms. The Labute approximate surface area is 132 Å². The molecule has 1 atom stereocenters. The third kappa shape index (κ3) is 3.37. The molecule has 1 aromatic rings. The molecule has 1 aliphatic heterocycles. The monoisotopic (exact) mass is 325 g/mol. The van der Waals surface area contributed by atoms with Crippen molar-refractivity contribution >= 4 is 35.1 Å². The Bertz CT molecular complexity index is 605. The maximum Gasteiger partial charge on any atom is 0.325 e. The lowest BCUT2D eigenvalue weighted by atomic mass is 10.0. The first kappa shape index (κ1) is 16.3. The molecule has 0 spiro atoms. The van der Waals surface area contributed by atoms with E-state index in [2.05, 4.69) is 10.6 Å². The zero-order valence-electron chi connectivity index (χ0n) is 12.2. The molecule has 0 radical (unpaired) electrons. The van der Waals surface area contributed by atoms with Crippen LogP contribution >= 0.6 is 11.6 Å². The normalized spacial score (nSPS) is 21.0. The third-order valence-electron chi connectivity index (χ3n) is 3.21. The summed E-state index contributed by atoms with van der Waals surface area (Å²) in [5.74, 6) is -0.974. The second-order valence-corrected chi connectivity index (χ2v) is 5.58. The molecule has 4 amide bonds. The van der Waals surface area contributed by atoms with E-state index < -0.39 is 23.4 Å². The summed E-state index contributed by atoms with van der Waals surface area (Å²) in [5.41, 5.74) is -0.618. The van der Waals surface area contributed by atoms with Crippen LogP contribution in [0.15, 0.2) is 24.3 Å². The molecule has 0 bridgehead atoms. The number of nitrogens with one attached hydrogen (secondary N) is 2. The predicted molar refractivity (Wildman–Crippen MR) is 80.6 cm³/mol. The lowest BCUT2D eigenvalue weighted by Gasteiger charge is -2.20. The summed E-state index contributed by atoms with van der Waals surface area (Å²) in [4.78, 5) is 36.9. The highest BCUT2D eigenvalue weighted by Gasteiger charge is 2.48. The van der Waals surface area contributed by atoms with E-state index in [1.165, 1.54) is 7.11 Å². The number of hydrogen-bond donors (Lipinski definition) is 2. The van der Waals surface area contributed by atoms with Gasteiger partial charge in [-0.2, -0.15) is 0 Å². The summed E-state index contributed by atoms with van der Waals surface area (Å²) in [6.07, 6.45) is 0. The van der Waals surface area contributed by atoms with Crippen molar-refractivity contribution in [2.75, 3.05) is 25.6 Å². The van der Waals surface area contributed by atoms with E-state index >= 15 is 0 Å². The molecule has 2 rings (SSSR count). The fourth-order valence-corrected chi connectivity index (χ4v) is 2.28. The van der Waals surface area contributed by atoms with Gasteiger partial charge in [0.1, 0.15) is 12.1 Å². The number of amides is 4. The largest absolute Gasteiger partial charge is 0.382 e. The minimum absolute atomic E-state index is 0.0346. The van der Waals surface area contributed by atoms with Crippen molar-refractivity contribution in [3.05, 3.63) is 29.3 Å². The smallest absolute Gasteiger partial charge is 0.325 e. The summed E-state index contributed by atoms with van der Waals surface area (Å²) in [6, 6.07) is 5.89. The summed E-state index contributed by atoms with van der Waals surface area (Å²) in [7, 11) is 1.43. The van der Waals surface area contributed by atoms with E-state index in [0.717, 1.165) is 4.90 Å². The number of anilines is 1. The van der Waals surface area contributed by atoms with E-state index in [0.29, 0.717) is 10.7 Å². The number of imide groups is 1. The maximum absolute atomic E-state index is 12.2. The van der Waals surface area contributed by atoms with Gasteiger partial charge >= 0.3 is 6.03 Å². The number of rotatable bonds is 5. The van der Waals surface area contributed by atoms with Gasteiger partial charge in [-0.05, 0) is 31.2 Å². The fourth-order valence-electron chi connectivity index (χ4n) is 2.15. The minimum atomic E-state index is -1.15. The van der Waals surface area contributed by atoms with Gasteiger partial charge in [-0.1, -0.05) is 11.6 Å². The van der Waals surface area contributed by atoms with Crippen molar-refractivity contribution in [3.63, 3.8) is 0 Å². The molecule has 8 heteroatoms. The van der Waals surface area contributed by atoms with Crippen molar-refractivity contribution in [2.24, 2.45) is 0 Å². The summed E-state index contributed by atoms with van der Waals surface area (Å²) in [5, 5.41) is 5.66. The minimum Gasteiger partial charge on any atom is -0.382 e. The Kier molecular flexibility index (Phi) is 4.68. The lowest BCUT2D eigenvalue weighted by Crippen LogP contribution is -2.48. The van der Waals surface area contributed by atoms with Crippen LogP contribution in [-0.4, -0.2) is 48.5 Å². The van der Waals surface area contributed by atoms with Crippen LogP contribution in [0.1, 0.15) is 6.92 Å². The van der Waals surface area contributed by atoms with Crippen LogP contribution in [0.3, 0.4) is 0 Å². The van der Waals surface area contributed by atoms with Gasteiger partial charge in [-0.15, -0.1) is 0 Å². The molecule has 1 aliphatic rings. The number of hydrogen-bond acceptors (Lipinski definition) is 4. The molecule has 1 unspecified atom stereocenters. The molecule has 1 fully saturated rings. The molecule has 118 valence electrons. The van der Waals surface area contributed by atoms with E-state index in [-0.39, 0.29) is 13.2 Å². The van der Waals surface area contributed by atoms with Gasteiger partial charge in [0.15, 0.2) is 0 Å². The lowest BCUT2D eigenvalue weighted by molar-refractivity contribution is -0.134.